The second kappa shape index (κ2) is 9.43. The number of carboxylic acid groups (broad SMARTS) is 1. The van der Waals surface area contributed by atoms with Crippen LogP contribution in [0, 0.1) is 5.41 Å². The van der Waals surface area contributed by atoms with Crippen molar-refractivity contribution in [2.75, 3.05) is 13.2 Å². The second-order valence-electron chi connectivity index (χ2n) is 8.82. The Morgan fingerprint density at radius 3 is 2.15 bits per heavy atom. The lowest BCUT2D eigenvalue weighted by Gasteiger charge is -2.24. The minimum Gasteiger partial charge on any atom is -0.475 e. The van der Waals surface area contributed by atoms with Crippen LogP contribution in [0.15, 0.2) is 65.1 Å². The zero-order valence-corrected chi connectivity index (χ0v) is 19.0. The average Bonchev–Trinajstić information content (AvgIpc) is 3.43. The first-order valence-corrected chi connectivity index (χ1v) is 11.0. The van der Waals surface area contributed by atoms with E-state index in [0.29, 0.717) is 5.76 Å². The molecular formula is C26H26N2O6. The van der Waals surface area contributed by atoms with Crippen molar-refractivity contribution in [2.45, 2.75) is 26.3 Å². The van der Waals surface area contributed by atoms with Crippen LogP contribution in [-0.4, -0.2) is 36.2 Å². The van der Waals surface area contributed by atoms with E-state index in [2.05, 4.69) is 22.8 Å². The molecule has 8 nitrogen and oxygen atoms in total. The van der Waals surface area contributed by atoms with Gasteiger partial charge in [0.1, 0.15) is 12.4 Å². The van der Waals surface area contributed by atoms with Gasteiger partial charge in [-0.25, -0.2) is 9.59 Å². The Hall–Kier alpha value is -4.07. The van der Waals surface area contributed by atoms with Crippen LogP contribution >= 0.6 is 0 Å². The highest BCUT2D eigenvalue weighted by Crippen LogP contribution is 2.44. The van der Waals surface area contributed by atoms with Gasteiger partial charge < -0.3 is 24.9 Å². The highest BCUT2D eigenvalue weighted by atomic mass is 16.5. The van der Waals surface area contributed by atoms with E-state index < -0.39 is 17.5 Å². The molecule has 4 rings (SSSR count). The van der Waals surface area contributed by atoms with Crippen molar-refractivity contribution in [2.24, 2.45) is 5.41 Å². The molecule has 0 bridgehead atoms. The average molecular weight is 463 g/mol. The van der Waals surface area contributed by atoms with Crippen LogP contribution in [0.3, 0.4) is 0 Å². The normalized spacial score (nSPS) is 12.5. The molecule has 34 heavy (non-hydrogen) atoms. The molecule has 0 atom stereocenters. The second-order valence-corrected chi connectivity index (χ2v) is 8.82. The monoisotopic (exact) mass is 462 g/mol. The van der Waals surface area contributed by atoms with Gasteiger partial charge in [0, 0.05) is 12.5 Å². The molecule has 1 aromatic heterocycles. The number of ether oxygens (including phenoxy) is 1. The van der Waals surface area contributed by atoms with Crippen LogP contribution < -0.4 is 10.6 Å². The van der Waals surface area contributed by atoms with Gasteiger partial charge in [0.25, 0.3) is 0 Å². The fourth-order valence-electron chi connectivity index (χ4n) is 4.02. The van der Waals surface area contributed by atoms with E-state index in [1.165, 1.54) is 12.1 Å². The lowest BCUT2D eigenvalue weighted by Crippen LogP contribution is -2.44. The van der Waals surface area contributed by atoms with Crippen LogP contribution in [0.2, 0.25) is 0 Å². The molecule has 2 aromatic carbocycles. The van der Waals surface area contributed by atoms with E-state index in [1.54, 1.807) is 13.8 Å². The summed E-state index contributed by atoms with van der Waals surface area (Å²) < 4.78 is 10.6. The third-order valence-electron chi connectivity index (χ3n) is 5.93. The summed E-state index contributed by atoms with van der Waals surface area (Å²) in [6, 6.07) is 19.0. The molecule has 1 aliphatic rings. The number of furan rings is 1. The number of hydrogen-bond acceptors (Lipinski definition) is 5. The number of amides is 2. The first kappa shape index (κ1) is 23.1. The maximum atomic E-state index is 12.6. The summed E-state index contributed by atoms with van der Waals surface area (Å²) in [4.78, 5) is 35.9. The first-order valence-electron chi connectivity index (χ1n) is 11.0. The third-order valence-corrected chi connectivity index (χ3v) is 5.93. The van der Waals surface area contributed by atoms with Crippen LogP contribution in [0.4, 0.5) is 4.79 Å². The fourth-order valence-corrected chi connectivity index (χ4v) is 4.02. The fraction of sp³-hybridized carbons (Fsp3) is 0.269. The molecule has 3 aromatic rings. The van der Waals surface area contributed by atoms with Crippen LogP contribution in [0.1, 0.15) is 47.2 Å². The van der Waals surface area contributed by atoms with Gasteiger partial charge in [0.15, 0.2) is 0 Å². The van der Waals surface area contributed by atoms with Gasteiger partial charge in [-0.15, -0.1) is 0 Å². The van der Waals surface area contributed by atoms with Gasteiger partial charge in [-0.2, -0.15) is 0 Å². The maximum Gasteiger partial charge on any atom is 0.407 e. The van der Waals surface area contributed by atoms with Crippen LogP contribution in [-0.2, 0) is 16.1 Å². The Bertz CT molecular complexity index is 1180. The molecule has 0 saturated heterocycles. The van der Waals surface area contributed by atoms with E-state index in [4.69, 9.17) is 14.3 Å². The summed E-state index contributed by atoms with van der Waals surface area (Å²) in [6.07, 6.45) is -0.597. The largest absolute Gasteiger partial charge is 0.475 e. The maximum absolute atomic E-state index is 12.6. The van der Waals surface area contributed by atoms with Gasteiger partial charge >= 0.3 is 12.1 Å². The van der Waals surface area contributed by atoms with Gasteiger partial charge in [-0.1, -0.05) is 48.5 Å². The number of nitrogens with one attached hydrogen (secondary N) is 2. The van der Waals surface area contributed by atoms with E-state index >= 15 is 0 Å². The highest BCUT2D eigenvalue weighted by Gasteiger charge is 2.31. The predicted molar refractivity (Wildman–Crippen MR) is 124 cm³/mol. The number of alkyl carbamates (subject to hydrolysis) is 1. The van der Waals surface area contributed by atoms with E-state index in [-0.39, 0.29) is 37.3 Å². The minimum atomic E-state index is -1.18. The predicted octanol–water partition coefficient (Wildman–Crippen LogP) is 4.16. The van der Waals surface area contributed by atoms with Crippen molar-refractivity contribution in [3.63, 3.8) is 0 Å². The highest BCUT2D eigenvalue weighted by molar-refractivity contribution is 5.84. The van der Waals surface area contributed by atoms with E-state index in [9.17, 15) is 14.4 Å². The Morgan fingerprint density at radius 1 is 0.941 bits per heavy atom. The summed E-state index contributed by atoms with van der Waals surface area (Å²) in [5.41, 5.74) is 3.63. The number of fused-ring (bicyclic) bond motifs is 3. The molecule has 0 saturated carbocycles. The van der Waals surface area contributed by atoms with Gasteiger partial charge in [0.05, 0.1) is 12.0 Å². The quantitative estimate of drug-likeness (QED) is 0.463. The molecular weight excluding hydrogens is 436 g/mol. The van der Waals surface area contributed by atoms with Crippen LogP contribution in [0.25, 0.3) is 11.1 Å². The summed E-state index contributed by atoms with van der Waals surface area (Å²) in [5.74, 6) is -1.41. The molecule has 8 heteroatoms. The Kier molecular flexibility index (Phi) is 6.40. The first-order chi connectivity index (χ1) is 16.3. The van der Waals surface area contributed by atoms with E-state index in [1.807, 2.05) is 36.4 Å². The van der Waals surface area contributed by atoms with Crippen molar-refractivity contribution < 1.29 is 28.6 Å². The number of carboxylic acids is 1. The molecule has 2 amide bonds. The molecule has 176 valence electrons. The van der Waals surface area contributed by atoms with Gasteiger partial charge in [-0.05, 0) is 48.2 Å². The zero-order valence-electron chi connectivity index (χ0n) is 19.0. The number of rotatable bonds is 8. The van der Waals surface area contributed by atoms with Crippen LogP contribution in [0.5, 0.6) is 0 Å². The number of aromatic carboxylic acids is 1. The molecule has 1 heterocycles. The molecule has 0 radical (unpaired) electrons. The third kappa shape index (κ3) is 4.80. The molecule has 3 N–H and O–H groups in total. The summed E-state index contributed by atoms with van der Waals surface area (Å²) >= 11 is 0. The van der Waals surface area contributed by atoms with Crippen molar-refractivity contribution in [3.05, 3.63) is 83.3 Å². The number of hydrogen-bond donors (Lipinski definition) is 3. The topological polar surface area (TPSA) is 118 Å². The Balaban J connectivity index is 1.28. The standard InChI is InChI=1S/C26H26N2O6/c1-26(2,24(31)27-13-16-11-12-22(34-16)23(29)30)15-28-25(32)33-14-21-19-9-5-3-7-17(19)18-8-4-6-10-20(18)21/h3-12,21H,13-15H2,1-2H3,(H,27,31)(H,28,32)(H,29,30). The molecule has 0 unspecified atom stereocenters. The van der Waals surface area contributed by atoms with Gasteiger partial charge in [-0.3, -0.25) is 4.79 Å². The van der Waals surface area contributed by atoms with Crippen molar-refractivity contribution in [1.82, 2.24) is 10.6 Å². The zero-order chi connectivity index (χ0) is 24.3. The van der Waals surface area contributed by atoms with Crippen molar-refractivity contribution in [3.8, 4) is 11.1 Å². The van der Waals surface area contributed by atoms with Crippen molar-refractivity contribution in [1.29, 1.82) is 0 Å². The SMILES string of the molecule is CC(C)(CNC(=O)OCC1c2ccccc2-c2ccccc21)C(=O)NCc1ccc(C(=O)O)o1. The number of benzene rings is 2. The molecule has 0 fully saturated rings. The van der Waals surface area contributed by atoms with Crippen molar-refractivity contribution >= 4 is 18.0 Å². The minimum absolute atomic E-state index is 0.0422. The summed E-state index contributed by atoms with van der Waals surface area (Å²) in [5, 5.41) is 14.3. The van der Waals surface area contributed by atoms with E-state index in [0.717, 1.165) is 22.3 Å². The summed E-state index contributed by atoms with van der Waals surface area (Å²) in [6.45, 7) is 3.68. The summed E-state index contributed by atoms with van der Waals surface area (Å²) in [7, 11) is 0. The number of carbonyl (C=O) groups is 3. The van der Waals surface area contributed by atoms with Gasteiger partial charge in [0.2, 0.25) is 11.7 Å². The molecule has 1 aliphatic carbocycles. The lowest BCUT2D eigenvalue weighted by molar-refractivity contribution is -0.129. The molecule has 0 aliphatic heterocycles. The number of carbonyl (C=O) groups excluding carboxylic acids is 2. The Morgan fingerprint density at radius 2 is 1.56 bits per heavy atom. The smallest absolute Gasteiger partial charge is 0.407 e. The lowest BCUT2D eigenvalue weighted by atomic mass is 9.92. The Labute approximate surface area is 196 Å². The molecule has 0 spiro atoms.